The Labute approximate surface area is 210 Å². The smallest absolute Gasteiger partial charge is 0.138 e. The van der Waals surface area contributed by atoms with Crippen molar-refractivity contribution < 1.29 is 13.2 Å². The van der Waals surface area contributed by atoms with Crippen molar-refractivity contribution in [3.63, 3.8) is 0 Å². The van der Waals surface area contributed by atoms with E-state index in [1.807, 2.05) is 35.5 Å². The average Bonchev–Trinajstić information content (AvgIpc) is 3.48. The number of benzene rings is 1. The van der Waals surface area contributed by atoms with E-state index in [4.69, 9.17) is 4.98 Å². The summed E-state index contributed by atoms with van der Waals surface area (Å²) < 4.78 is 37.8. The van der Waals surface area contributed by atoms with E-state index in [-0.39, 0.29) is 11.7 Å². The van der Waals surface area contributed by atoms with E-state index < -0.39 is 11.1 Å². The summed E-state index contributed by atoms with van der Waals surface area (Å²) in [5, 5.41) is 1.04. The van der Waals surface area contributed by atoms with E-state index in [2.05, 4.69) is 26.7 Å². The van der Waals surface area contributed by atoms with E-state index in [9.17, 15) is 13.2 Å². The second kappa shape index (κ2) is 9.57. The number of fused-ring (bicyclic) bond motifs is 2. The molecule has 1 aromatic carbocycles. The fourth-order valence-corrected chi connectivity index (χ4v) is 5.78. The van der Waals surface area contributed by atoms with Gasteiger partial charge >= 0.3 is 0 Å². The summed E-state index contributed by atoms with van der Waals surface area (Å²) in [7, 11) is 0. The predicted molar refractivity (Wildman–Crippen MR) is 138 cm³/mol. The highest BCUT2D eigenvalue weighted by Crippen LogP contribution is 2.34. The fraction of sp³-hybridized carbons (Fsp3) is 0.259. The molecule has 1 atom stereocenters. The number of hydrogen-bond acceptors (Lipinski definition) is 5. The van der Waals surface area contributed by atoms with Crippen molar-refractivity contribution in [2.75, 3.05) is 19.0 Å². The molecule has 5 aromatic rings. The summed E-state index contributed by atoms with van der Waals surface area (Å²) >= 11 is -2.04. The van der Waals surface area contributed by atoms with Gasteiger partial charge in [0.25, 0.3) is 0 Å². The van der Waals surface area contributed by atoms with Gasteiger partial charge in [0.1, 0.15) is 11.5 Å². The molecule has 1 unspecified atom stereocenters. The van der Waals surface area contributed by atoms with Crippen molar-refractivity contribution in [3.05, 3.63) is 84.2 Å². The molecule has 0 saturated carbocycles. The monoisotopic (exact) mass is 502 g/mol. The summed E-state index contributed by atoms with van der Waals surface area (Å²) in [6.07, 6.45) is 7.48. The third kappa shape index (κ3) is 4.57. The molecule has 7 nitrogen and oxygen atoms in total. The lowest BCUT2D eigenvalue weighted by Gasteiger charge is -2.31. The molecule has 1 aliphatic heterocycles. The second-order valence-electron chi connectivity index (χ2n) is 9.37. The molecular formula is C27H25FN5O2S-. The Morgan fingerprint density at radius 2 is 1.97 bits per heavy atom. The highest BCUT2D eigenvalue weighted by molar-refractivity contribution is 7.79. The molecule has 1 aliphatic rings. The maximum Gasteiger partial charge on any atom is 0.138 e. The van der Waals surface area contributed by atoms with Crippen LogP contribution < -0.4 is 0 Å². The number of aromatic nitrogens is 4. The molecule has 0 aliphatic carbocycles. The second-order valence-corrected chi connectivity index (χ2v) is 10.2. The maximum atomic E-state index is 13.7. The number of nitrogens with one attached hydrogen (secondary N) is 1. The largest absolute Gasteiger partial charge is 0.771 e. The van der Waals surface area contributed by atoms with Crippen LogP contribution >= 0.6 is 0 Å². The molecule has 1 N–H and O–H groups in total. The first-order chi connectivity index (χ1) is 17.5. The molecule has 1 fully saturated rings. The molecule has 184 valence electrons. The Bertz CT molecular complexity index is 1570. The topological polar surface area (TPSA) is 89.9 Å². The van der Waals surface area contributed by atoms with E-state index in [0.29, 0.717) is 12.5 Å². The molecular weight excluding hydrogens is 477 g/mol. The zero-order valence-electron chi connectivity index (χ0n) is 19.6. The molecule has 0 radical (unpaired) electrons. The van der Waals surface area contributed by atoms with E-state index >= 15 is 0 Å². The molecule has 0 amide bonds. The van der Waals surface area contributed by atoms with Crippen molar-refractivity contribution in [3.8, 4) is 11.1 Å². The Morgan fingerprint density at radius 1 is 1.11 bits per heavy atom. The van der Waals surface area contributed by atoms with Crippen LogP contribution in [0.5, 0.6) is 0 Å². The van der Waals surface area contributed by atoms with E-state index in [0.717, 1.165) is 70.4 Å². The average molecular weight is 503 g/mol. The third-order valence-corrected chi connectivity index (χ3v) is 7.62. The highest BCUT2D eigenvalue weighted by atomic mass is 32.2. The van der Waals surface area contributed by atoms with Crippen LogP contribution in [0.25, 0.3) is 33.2 Å². The quantitative estimate of drug-likeness (QED) is 0.338. The molecule has 36 heavy (non-hydrogen) atoms. The van der Waals surface area contributed by atoms with Gasteiger partial charge in [-0.1, -0.05) is 12.1 Å². The normalized spacial score (nSPS) is 16.2. The standard InChI is InChI=1S/C27H26FN5O2S/c28-21-3-1-2-18(12-21)16-33-11-7-24-26(33)13-20(15-30-24)22-4-8-29-27-23(22)14-25(31-27)19-5-9-32(10-6-19)17-36(34)35/h1-4,7-8,11-15,19H,5-6,9-10,16-17H2,(H,29,31)(H,34,35)/p-1. The lowest BCUT2D eigenvalue weighted by molar-refractivity contribution is 0.238. The van der Waals surface area contributed by atoms with Gasteiger partial charge in [0.2, 0.25) is 0 Å². The molecule has 1 saturated heterocycles. The van der Waals surface area contributed by atoms with Gasteiger partial charge in [-0.2, -0.15) is 0 Å². The highest BCUT2D eigenvalue weighted by Gasteiger charge is 2.23. The summed E-state index contributed by atoms with van der Waals surface area (Å²) in [6.45, 7) is 2.08. The van der Waals surface area contributed by atoms with Crippen LogP contribution in [0, 0.1) is 5.82 Å². The number of pyridine rings is 2. The minimum absolute atomic E-state index is 0.0988. The van der Waals surface area contributed by atoms with Gasteiger partial charge < -0.3 is 14.1 Å². The molecule has 6 rings (SSSR count). The lowest BCUT2D eigenvalue weighted by Crippen LogP contribution is -2.35. The number of halogens is 1. The van der Waals surface area contributed by atoms with Gasteiger partial charge in [0.15, 0.2) is 0 Å². The number of H-pyrrole nitrogens is 1. The summed E-state index contributed by atoms with van der Waals surface area (Å²) in [4.78, 5) is 14.7. The maximum absolute atomic E-state index is 13.7. The zero-order valence-corrected chi connectivity index (χ0v) is 20.4. The number of rotatable bonds is 6. The first kappa shape index (κ1) is 23.0. The summed E-state index contributed by atoms with van der Waals surface area (Å²) in [5.74, 6) is 0.199. The van der Waals surface area contributed by atoms with Crippen LogP contribution in [0.15, 0.2) is 67.1 Å². The van der Waals surface area contributed by atoms with Crippen molar-refractivity contribution in [1.82, 2.24) is 24.4 Å². The molecule has 4 aromatic heterocycles. The van der Waals surface area contributed by atoms with E-state index in [1.54, 1.807) is 18.3 Å². The lowest BCUT2D eigenvalue weighted by atomic mass is 9.93. The minimum Gasteiger partial charge on any atom is -0.771 e. The van der Waals surface area contributed by atoms with Crippen LogP contribution in [0.1, 0.15) is 30.0 Å². The molecule has 0 spiro atoms. The molecule has 5 heterocycles. The van der Waals surface area contributed by atoms with Gasteiger partial charge in [0.05, 0.1) is 16.9 Å². The van der Waals surface area contributed by atoms with Gasteiger partial charge in [-0.3, -0.25) is 14.1 Å². The first-order valence-corrected chi connectivity index (χ1v) is 13.2. The Hall–Kier alpha value is -3.40. The zero-order chi connectivity index (χ0) is 24.6. The molecule has 9 heteroatoms. The summed E-state index contributed by atoms with van der Waals surface area (Å²) in [6, 6.07) is 15.0. The van der Waals surface area contributed by atoms with Crippen LogP contribution in [0.4, 0.5) is 4.39 Å². The number of hydrogen-bond donors (Lipinski definition) is 1. The number of piperidine rings is 1. The third-order valence-electron chi connectivity index (χ3n) is 7.04. The van der Waals surface area contributed by atoms with Crippen LogP contribution in [-0.2, 0) is 17.6 Å². The van der Waals surface area contributed by atoms with Crippen molar-refractivity contribution in [1.29, 1.82) is 0 Å². The predicted octanol–water partition coefficient (Wildman–Crippen LogP) is 4.78. The Morgan fingerprint density at radius 3 is 2.78 bits per heavy atom. The van der Waals surface area contributed by atoms with Crippen molar-refractivity contribution in [2.24, 2.45) is 0 Å². The van der Waals surface area contributed by atoms with Gasteiger partial charge in [-0.05, 0) is 84.5 Å². The van der Waals surface area contributed by atoms with Crippen molar-refractivity contribution in [2.45, 2.75) is 25.3 Å². The number of aromatic amines is 1. The summed E-state index contributed by atoms with van der Waals surface area (Å²) in [5.41, 5.74) is 6.78. The SMILES string of the molecule is O=S([O-])CN1CCC(c2cc3c(-c4cnc5ccn(Cc6cccc(F)c6)c5c4)ccnc3[nH]2)CC1. The van der Waals surface area contributed by atoms with Gasteiger partial charge in [0, 0.05) is 47.7 Å². The Kier molecular flexibility index (Phi) is 6.12. The number of nitrogens with zero attached hydrogens (tertiary/aromatic N) is 4. The fourth-order valence-electron chi connectivity index (χ4n) is 5.22. The Balaban J connectivity index is 1.31. The molecule has 0 bridgehead atoms. The first-order valence-electron chi connectivity index (χ1n) is 12.0. The van der Waals surface area contributed by atoms with Crippen LogP contribution in [0.3, 0.4) is 0 Å². The van der Waals surface area contributed by atoms with Crippen molar-refractivity contribution >= 4 is 33.1 Å². The number of likely N-dealkylation sites (tertiary alicyclic amines) is 1. The van der Waals surface area contributed by atoms with Crippen LogP contribution in [-0.4, -0.2) is 52.1 Å². The van der Waals surface area contributed by atoms with Gasteiger partial charge in [-0.25, -0.2) is 9.37 Å². The van der Waals surface area contributed by atoms with E-state index in [1.165, 1.54) is 6.07 Å². The minimum atomic E-state index is -2.04. The van der Waals surface area contributed by atoms with Gasteiger partial charge in [-0.15, -0.1) is 0 Å². The van der Waals surface area contributed by atoms with Crippen LogP contribution in [0.2, 0.25) is 0 Å².